The first-order chi connectivity index (χ1) is 18.8. The molecule has 0 saturated heterocycles. The lowest BCUT2D eigenvalue weighted by Gasteiger charge is -2.26. The van der Waals surface area contributed by atoms with Gasteiger partial charge in [-0.2, -0.15) is 0 Å². The van der Waals surface area contributed by atoms with Crippen molar-refractivity contribution < 1.29 is 37.8 Å². The molecule has 214 valence electrons. The molecule has 0 atom stereocenters. The molecular weight excluding hydrogens is 521 g/mol. The van der Waals surface area contributed by atoms with Gasteiger partial charge < -0.3 is 23.6 Å². The van der Waals surface area contributed by atoms with Crippen LogP contribution in [0.4, 0.5) is 9.18 Å². The lowest BCUT2D eigenvalue weighted by atomic mass is 10.1. The number of nitrogens with zero attached hydrogens (tertiary/aromatic N) is 2. The Morgan fingerprint density at radius 1 is 1.05 bits per heavy atom. The average Bonchev–Trinajstić information content (AvgIpc) is 3.25. The Morgan fingerprint density at radius 3 is 2.40 bits per heavy atom. The van der Waals surface area contributed by atoms with E-state index in [-0.39, 0.29) is 24.5 Å². The van der Waals surface area contributed by atoms with Crippen molar-refractivity contribution in [3.63, 3.8) is 0 Å². The molecule has 0 bridgehead atoms. The number of carbonyl (C=O) groups excluding carboxylic acids is 3. The number of methoxy groups -OCH3 is 1. The molecule has 0 spiro atoms. The van der Waals surface area contributed by atoms with E-state index >= 15 is 0 Å². The SMILES string of the molecule is COC(=O)c1ncc2c(ccn2Cc2ccc(F)cc2)c1/C=C\CNOC(=O)OC(C)(C)CC(=O)OC(C)(C)C. The number of aromatic nitrogens is 2. The Morgan fingerprint density at radius 2 is 1.75 bits per heavy atom. The second kappa shape index (κ2) is 12.7. The Kier molecular flexibility index (Phi) is 9.65. The van der Waals surface area contributed by atoms with Crippen molar-refractivity contribution in [3.8, 4) is 0 Å². The number of ether oxygens (including phenoxy) is 3. The summed E-state index contributed by atoms with van der Waals surface area (Å²) in [6.07, 6.45) is 5.58. The summed E-state index contributed by atoms with van der Waals surface area (Å²) >= 11 is 0. The number of pyridine rings is 1. The summed E-state index contributed by atoms with van der Waals surface area (Å²) in [5.41, 5.74) is 2.97. The fourth-order valence-corrected chi connectivity index (χ4v) is 3.86. The number of hydroxylamine groups is 1. The van der Waals surface area contributed by atoms with Crippen molar-refractivity contribution >= 4 is 35.1 Å². The van der Waals surface area contributed by atoms with Gasteiger partial charge in [0.05, 0.1) is 31.8 Å². The Balaban J connectivity index is 1.65. The van der Waals surface area contributed by atoms with E-state index in [1.165, 1.54) is 19.2 Å². The third kappa shape index (κ3) is 8.63. The number of nitrogens with one attached hydrogen (secondary N) is 1. The van der Waals surface area contributed by atoms with E-state index in [9.17, 15) is 18.8 Å². The van der Waals surface area contributed by atoms with Gasteiger partial charge in [-0.05, 0) is 58.4 Å². The van der Waals surface area contributed by atoms with Gasteiger partial charge >= 0.3 is 18.1 Å². The monoisotopic (exact) mass is 555 g/mol. The molecule has 2 aromatic heterocycles. The number of hydrogen-bond acceptors (Lipinski definition) is 9. The van der Waals surface area contributed by atoms with Crippen LogP contribution >= 0.6 is 0 Å². The second-order valence-corrected chi connectivity index (χ2v) is 10.6. The Hall–Kier alpha value is -4.25. The van der Waals surface area contributed by atoms with Crippen LogP contribution in [0.2, 0.25) is 0 Å². The van der Waals surface area contributed by atoms with Crippen molar-refractivity contribution in [2.75, 3.05) is 13.7 Å². The highest BCUT2D eigenvalue weighted by atomic mass is 19.1. The maximum absolute atomic E-state index is 13.3. The normalized spacial score (nSPS) is 12.0. The van der Waals surface area contributed by atoms with E-state index in [1.807, 2.05) is 16.8 Å². The molecule has 0 fully saturated rings. The number of rotatable bonds is 10. The zero-order valence-corrected chi connectivity index (χ0v) is 23.4. The summed E-state index contributed by atoms with van der Waals surface area (Å²) in [4.78, 5) is 45.8. The molecule has 1 N–H and O–H groups in total. The molecule has 0 aliphatic heterocycles. The molecule has 40 heavy (non-hydrogen) atoms. The van der Waals surface area contributed by atoms with Gasteiger partial charge in [0, 0.05) is 23.7 Å². The predicted molar refractivity (Wildman–Crippen MR) is 146 cm³/mol. The van der Waals surface area contributed by atoms with Crippen LogP contribution in [-0.4, -0.2) is 52.5 Å². The van der Waals surface area contributed by atoms with Gasteiger partial charge in [0.2, 0.25) is 0 Å². The maximum atomic E-state index is 13.3. The van der Waals surface area contributed by atoms with E-state index in [2.05, 4.69) is 10.5 Å². The van der Waals surface area contributed by atoms with Crippen LogP contribution in [0.5, 0.6) is 0 Å². The van der Waals surface area contributed by atoms with Gasteiger partial charge in [-0.3, -0.25) is 4.79 Å². The maximum Gasteiger partial charge on any atom is 0.528 e. The van der Waals surface area contributed by atoms with Crippen molar-refractivity contribution in [2.24, 2.45) is 0 Å². The van der Waals surface area contributed by atoms with Crippen LogP contribution < -0.4 is 5.48 Å². The minimum Gasteiger partial charge on any atom is -0.464 e. The van der Waals surface area contributed by atoms with Gasteiger partial charge in [-0.1, -0.05) is 24.3 Å². The number of benzene rings is 1. The molecule has 0 unspecified atom stereocenters. The van der Waals surface area contributed by atoms with E-state index in [0.717, 1.165) is 16.5 Å². The standard InChI is InChI=1S/C29H34FN3O7/c1-28(2,3)38-24(34)16-29(4,5)39-27(36)40-32-14-7-8-22-21-13-15-33(18-19-9-11-20(30)12-10-19)23(21)17-31-25(22)26(35)37-6/h7-13,15,17,32H,14,16,18H2,1-6H3/b8-7-. The van der Waals surface area contributed by atoms with E-state index in [0.29, 0.717) is 12.1 Å². The minimum absolute atomic E-state index is 0.0783. The number of fused-ring (bicyclic) bond motifs is 1. The number of carbonyl (C=O) groups is 3. The first-order valence-electron chi connectivity index (χ1n) is 12.6. The van der Waals surface area contributed by atoms with Crippen molar-refractivity contribution in [2.45, 2.75) is 58.8 Å². The van der Waals surface area contributed by atoms with Crippen LogP contribution in [0.3, 0.4) is 0 Å². The van der Waals surface area contributed by atoms with E-state index in [1.54, 1.807) is 65.1 Å². The molecule has 11 heteroatoms. The van der Waals surface area contributed by atoms with Gasteiger partial charge in [0.25, 0.3) is 0 Å². The molecule has 3 aromatic rings. The largest absolute Gasteiger partial charge is 0.528 e. The van der Waals surface area contributed by atoms with Crippen LogP contribution in [-0.2, 0) is 30.4 Å². The third-order valence-corrected chi connectivity index (χ3v) is 5.50. The first-order valence-corrected chi connectivity index (χ1v) is 12.6. The Labute approximate surface area is 232 Å². The molecular formula is C29H34FN3O7. The summed E-state index contributed by atoms with van der Waals surface area (Å²) in [6.45, 7) is 8.95. The first kappa shape index (κ1) is 30.3. The highest BCUT2D eigenvalue weighted by Crippen LogP contribution is 2.25. The third-order valence-electron chi connectivity index (χ3n) is 5.50. The summed E-state index contributed by atoms with van der Waals surface area (Å²) in [7, 11) is 1.27. The zero-order valence-electron chi connectivity index (χ0n) is 23.4. The highest BCUT2D eigenvalue weighted by molar-refractivity contribution is 6.00. The number of hydrogen-bond donors (Lipinski definition) is 1. The van der Waals surface area contributed by atoms with Crippen LogP contribution in [0.15, 0.2) is 48.8 Å². The van der Waals surface area contributed by atoms with Gasteiger partial charge in [0.1, 0.15) is 17.0 Å². The van der Waals surface area contributed by atoms with Crippen LogP contribution in [0.1, 0.15) is 62.7 Å². The fraction of sp³-hybridized carbons (Fsp3) is 0.379. The van der Waals surface area contributed by atoms with Crippen molar-refractivity contribution in [3.05, 3.63) is 71.4 Å². The number of esters is 2. The molecule has 2 heterocycles. The fourth-order valence-electron chi connectivity index (χ4n) is 3.86. The highest BCUT2D eigenvalue weighted by Gasteiger charge is 2.30. The number of halogens is 1. The minimum atomic E-state index is -1.14. The van der Waals surface area contributed by atoms with Crippen molar-refractivity contribution in [1.29, 1.82) is 0 Å². The molecule has 10 nitrogen and oxygen atoms in total. The summed E-state index contributed by atoms with van der Waals surface area (Å²) in [6, 6.07) is 8.05. The Bertz CT molecular complexity index is 1390. The van der Waals surface area contributed by atoms with Crippen LogP contribution in [0.25, 0.3) is 17.0 Å². The molecule has 0 aliphatic rings. The van der Waals surface area contributed by atoms with Crippen molar-refractivity contribution in [1.82, 2.24) is 15.0 Å². The summed E-state index contributed by atoms with van der Waals surface area (Å²) < 4.78 is 30.6. The molecule has 0 aliphatic carbocycles. The molecule has 1 aromatic carbocycles. The van der Waals surface area contributed by atoms with Crippen LogP contribution in [0, 0.1) is 5.82 Å². The molecule has 0 radical (unpaired) electrons. The van der Waals surface area contributed by atoms with E-state index in [4.69, 9.17) is 19.0 Å². The van der Waals surface area contributed by atoms with Gasteiger partial charge in [-0.25, -0.2) is 19.0 Å². The van der Waals surface area contributed by atoms with E-state index < -0.39 is 29.3 Å². The summed E-state index contributed by atoms with van der Waals surface area (Å²) in [5, 5.41) is 0.748. The second-order valence-electron chi connectivity index (χ2n) is 10.6. The quantitative estimate of drug-likeness (QED) is 0.156. The molecule has 3 rings (SSSR count). The topological polar surface area (TPSA) is 118 Å². The smallest absolute Gasteiger partial charge is 0.464 e. The predicted octanol–water partition coefficient (Wildman–Crippen LogP) is 5.19. The molecule has 0 saturated carbocycles. The molecule has 0 amide bonds. The summed E-state index contributed by atoms with van der Waals surface area (Å²) in [5.74, 6) is -1.42. The van der Waals surface area contributed by atoms with Gasteiger partial charge in [-0.15, -0.1) is 5.48 Å². The lowest BCUT2D eigenvalue weighted by Crippen LogP contribution is -2.35. The lowest BCUT2D eigenvalue weighted by molar-refractivity contribution is -0.160. The van der Waals surface area contributed by atoms with Gasteiger partial charge in [0.15, 0.2) is 5.69 Å². The average molecular weight is 556 g/mol. The zero-order chi connectivity index (χ0) is 29.5.